The number of sulfonamides is 1. The molecule has 3 N–H and O–H groups in total. The van der Waals surface area contributed by atoms with Crippen LogP contribution in [-0.4, -0.2) is 48.6 Å². The molecule has 29 heavy (non-hydrogen) atoms. The molecule has 0 fully saturated rings. The average molecular weight is 439 g/mol. The minimum atomic E-state index is -3.33. The van der Waals surface area contributed by atoms with Crippen LogP contribution in [0.15, 0.2) is 29.9 Å². The molecular weight excluding hydrogens is 419 g/mol. The Morgan fingerprint density at radius 3 is 2.79 bits per heavy atom. The Morgan fingerprint density at radius 2 is 2.07 bits per heavy atom. The summed E-state index contributed by atoms with van der Waals surface area (Å²) in [5, 5.41) is 7.49. The van der Waals surface area contributed by atoms with Gasteiger partial charge in [-0.2, -0.15) is 0 Å². The van der Waals surface area contributed by atoms with Crippen LogP contribution >= 0.6 is 11.3 Å². The number of fused-ring (bicyclic) bond motifs is 1. The molecule has 3 aromatic rings. The first-order valence-corrected chi connectivity index (χ1v) is 11.3. The second kappa shape index (κ2) is 8.76. The van der Waals surface area contributed by atoms with E-state index in [9.17, 15) is 17.6 Å². The van der Waals surface area contributed by atoms with E-state index >= 15 is 0 Å². The molecule has 154 valence electrons. The highest BCUT2D eigenvalue weighted by atomic mass is 32.2. The van der Waals surface area contributed by atoms with E-state index in [0.717, 1.165) is 12.5 Å². The van der Waals surface area contributed by atoms with Gasteiger partial charge in [-0.05, 0) is 30.0 Å². The molecule has 1 atom stereocenters. The van der Waals surface area contributed by atoms with Crippen molar-refractivity contribution in [3.05, 3.63) is 47.0 Å². The normalized spacial score (nSPS) is 12.7. The highest BCUT2D eigenvalue weighted by molar-refractivity contribution is 7.88. The maximum atomic E-state index is 13.4. The van der Waals surface area contributed by atoms with Gasteiger partial charge in [-0.1, -0.05) is 0 Å². The Bertz CT molecular complexity index is 1140. The Labute approximate surface area is 170 Å². The fourth-order valence-electron chi connectivity index (χ4n) is 2.52. The largest absolute Gasteiger partial charge is 0.349 e. The van der Waals surface area contributed by atoms with Crippen molar-refractivity contribution in [3.63, 3.8) is 0 Å². The molecule has 0 radical (unpaired) electrons. The van der Waals surface area contributed by atoms with Gasteiger partial charge in [-0.15, -0.1) is 11.3 Å². The zero-order valence-corrected chi connectivity index (χ0v) is 17.3. The SMILES string of the molecule is C[C@H](Nc1nc(C(=O)NCCNS(C)(=O)=O)c2sccc2n1)c1cncc(F)c1. The predicted octanol–water partition coefficient (Wildman–Crippen LogP) is 1.68. The van der Waals surface area contributed by atoms with Gasteiger partial charge >= 0.3 is 0 Å². The molecule has 3 rings (SSSR count). The predicted molar refractivity (Wildman–Crippen MR) is 109 cm³/mol. The summed E-state index contributed by atoms with van der Waals surface area (Å²) in [7, 11) is -3.33. The Hall–Kier alpha value is -2.70. The van der Waals surface area contributed by atoms with Crippen molar-refractivity contribution in [2.75, 3.05) is 24.7 Å². The number of amides is 1. The lowest BCUT2D eigenvalue weighted by molar-refractivity contribution is 0.0951. The number of thiophene rings is 1. The van der Waals surface area contributed by atoms with Gasteiger partial charge < -0.3 is 10.6 Å². The Balaban J connectivity index is 1.77. The number of nitrogens with zero attached hydrogens (tertiary/aromatic N) is 3. The number of carbonyl (C=O) groups is 1. The summed E-state index contributed by atoms with van der Waals surface area (Å²) in [5.74, 6) is -0.682. The van der Waals surface area contributed by atoms with Crippen molar-refractivity contribution < 1.29 is 17.6 Å². The van der Waals surface area contributed by atoms with E-state index in [-0.39, 0.29) is 30.8 Å². The van der Waals surface area contributed by atoms with Crippen LogP contribution in [-0.2, 0) is 10.0 Å². The van der Waals surface area contributed by atoms with Crippen molar-refractivity contribution in [2.45, 2.75) is 13.0 Å². The Morgan fingerprint density at radius 1 is 1.28 bits per heavy atom. The second-order valence-corrected chi connectivity index (χ2v) is 9.00. The lowest BCUT2D eigenvalue weighted by Crippen LogP contribution is -2.34. The van der Waals surface area contributed by atoms with Gasteiger partial charge in [0.25, 0.3) is 5.91 Å². The van der Waals surface area contributed by atoms with Crippen molar-refractivity contribution in [1.29, 1.82) is 0 Å². The second-order valence-electron chi connectivity index (χ2n) is 6.26. The van der Waals surface area contributed by atoms with E-state index in [1.54, 1.807) is 18.4 Å². The third kappa shape index (κ3) is 5.65. The fourth-order valence-corrected chi connectivity index (χ4v) is 3.81. The summed E-state index contributed by atoms with van der Waals surface area (Å²) < 4.78 is 38.5. The van der Waals surface area contributed by atoms with Crippen LogP contribution in [0, 0.1) is 5.82 Å². The lowest BCUT2D eigenvalue weighted by Gasteiger charge is -2.15. The standard InChI is InChI=1S/C17H19FN6O3S2/c1-10(11-7-12(18)9-19-8-11)22-17-23-13-3-6-28-15(13)14(24-17)16(25)20-4-5-21-29(2,26)27/h3,6-10,21H,4-5H2,1-2H3,(H,20,25)(H,22,23,24)/t10-/m0/s1. The van der Waals surface area contributed by atoms with Gasteiger partial charge in [0, 0.05) is 19.3 Å². The van der Waals surface area contributed by atoms with Crippen LogP contribution in [0.3, 0.4) is 0 Å². The number of anilines is 1. The molecule has 3 heterocycles. The monoisotopic (exact) mass is 438 g/mol. The minimum absolute atomic E-state index is 0.0674. The summed E-state index contributed by atoms with van der Waals surface area (Å²) in [6, 6.07) is 2.78. The number of pyridine rings is 1. The quantitative estimate of drug-likeness (QED) is 0.457. The van der Waals surface area contributed by atoms with Gasteiger partial charge in [-0.3, -0.25) is 9.78 Å². The topological polar surface area (TPSA) is 126 Å². The van der Waals surface area contributed by atoms with Crippen molar-refractivity contribution in [1.82, 2.24) is 25.0 Å². The van der Waals surface area contributed by atoms with E-state index < -0.39 is 21.7 Å². The number of nitrogens with one attached hydrogen (secondary N) is 3. The zero-order valence-electron chi connectivity index (χ0n) is 15.6. The van der Waals surface area contributed by atoms with E-state index in [1.165, 1.54) is 23.6 Å². The van der Waals surface area contributed by atoms with Gasteiger partial charge in [0.1, 0.15) is 5.82 Å². The molecule has 0 spiro atoms. The molecule has 1 amide bonds. The van der Waals surface area contributed by atoms with Crippen LogP contribution < -0.4 is 15.4 Å². The summed E-state index contributed by atoms with van der Waals surface area (Å²) in [4.78, 5) is 25.1. The van der Waals surface area contributed by atoms with Crippen molar-refractivity contribution in [2.24, 2.45) is 0 Å². The number of rotatable bonds is 8. The molecule has 9 nitrogen and oxygen atoms in total. The average Bonchev–Trinajstić information content (AvgIpc) is 3.12. The molecule has 0 unspecified atom stereocenters. The molecule has 3 aromatic heterocycles. The zero-order chi connectivity index (χ0) is 21.0. The molecule has 12 heteroatoms. The van der Waals surface area contributed by atoms with Crippen LogP contribution in [0.2, 0.25) is 0 Å². The van der Waals surface area contributed by atoms with E-state index in [1.807, 2.05) is 0 Å². The highest BCUT2D eigenvalue weighted by Crippen LogP contribution is 2.25. The Kier molecular flexibility index (Phi) is 6.35. The van der Waals surface area contributed by atoms with Gasteiger partial charge in [0.05, 0.1) is 28.7 Å². The molecule has 0 bridgehead atoms. The summed E-state index contributed by atoms with van der Waals surface area (Å²) in [5.41, 5.74) is 1.38. The number of aromatic nitrogens is 3. The molecule has 0 aliphatic heterocycles. The van der Waals surface area contributed by atoms with E-state index in [2.05, 4.69) is 30.3 Å². The first kappa shape index (κ1) is 21.0. The molecule has 0 saturated carbocycles. The molecule has 0 aliphatic carbocycles. The third-order valence-electron chi connectivity index (χ3n) is 3.87. The van der Waals surface area contributed by atoms with Crippen molar-refractivity contribution in [3.8, 4) is 0 Å². The molecule has 0 saturated heterocycles. The van der Waals surface area contributed by atoms with Gasteiger partial charge in [0.2, 0.25) is 16.0 Å². The number of hydrogen-bond donors (Lipinski definition) is 3. The van der Waals surface area contributed by atoms with Gasteiger partial charge in [-0.25, -0.2) is 27.5 Å². The fraction of sp³-hybridized carbons (Fsp3) is 0.294. The number of carbonyl (C=O) groups excluding carboxylic acids is 1. The minimum Gasteiger partial charge on any atom is -0.349 e. The van der Waals surface area contributed by atoms with Crippen LogP contribution in [0.4, 0.5) is 10.3 Å². The lowest BCUT2D eigenvalue weighted by atomic mass is 10.1. The third-order valence-corrected chi connectivity index (χ3v) is 5.50. The maximum absolute atomic E-state index is 13.4. The van der Waals surface area contributed by atoms with Crippen LogP contribution in [0.25, 0.3) is 10.2 Å². The molecular formula is C17H19FN6O3S2. The molecule has 0 aliphatic rings. The van der Waals surface area contributed by atoms with Crippen LogP contribution in [0.1, 0.15) is 29.0 Å². The van der Waals surface area contributed by atoms with Gasteiger partial charge in [0.15, 0.2) is 5.69 Å². The summed E-state index contributed by atoms with van der Waals surface area (Å²) in [6.07, 6.45) is 3.69. The highest BCUT2D eigenvalue weighted by Gasteiger charge is 2.17. The first-order chi connectivity index (χ1) is 13.7. The van der Waals surface area contributed by atoms with Crippen LogP contribution in [0.5, 0.6) is 0 Å². The summed E-state index contributed by atoms with van der Waals surface area (Å²) in [6.45, 7) is 1.98. The number of halogens is 1. The van der Waals surface area contributed by atoms with Crippen molar-refractivity contribution >= 4 is 43.4 Å². The maximum Gasteiger partial charge on any atom is 0.271 e. The first-order valence-electron chi connectivity index (χ1n) is 8.58. The van der Waals surface area contributed by atoms with E-state index in [4.69, 9.17) is 0 Å². The smallest absolute Gasteiger partial charge is 0.271 e. The summed E-state index contributed by atoms with van der Waals surface area (Å²) >= 11 is 1.33. The van der Waals surface area contributed by atoms with E-state index in [0.29, 0.717) is 15.8 Å². The molecule has 0 aromatic carbocycles. The number of hydrogen-bond acceptors (Lipinski definition) is 8.